The molecule has 0 spiro atoms. The Morgan fingerprint density at radius 1 is 0.957 bits per heavy atom. The van der Waals surface area contributed by atoms with E-state index in [1.54, 1.807) is 19.1 Å². The van der Waals surface area contributed by atoms with Crippen molar-refractivity contribution >= 4 is 28.9 Å². The van der Waals surface area contributed by atoms with Crippen molar-refractivity contribution in [2.24, 2.45) is 0 Å². The van der Waals surface area contributed by atoms with Crippen molar-refractivity contribution in [1.29, 1.82) is 0 Å². The van der Waals surface area contributed by atoms with Crippen molar-refractivity contribution in [3.63, 3.8) is 0 Å². The molecule has 3 rings (SSSR count). The van der Waals surface area contributed by atoms with Gasteiger partial charge in [0.05, 0.1) is 5.56 Å². The van der Waals surface area contributed by atoms with Crippen molar-refractivity contribution in [2.75, 3.05) is 5.32 Å². The van der Waals surface area contributed by atoms with Gasteiger partial charge < -0.3 is 5.32 Å². The Morgan fingerprint density at radius 3 is 2.26 bits per heavy atom. The number of benzene rings is 1. The second-order valence-corrected chi connectivity index (χ2v) is 6.08. The van der Waals surface area contributed by atoms with Crippen LogP contribution in [-0.2, 0) is 0 Å². The van der Waals surface area contributed by atoms with Crippen LogP contribution in [0.2, 0.25) is 0 Å². The van der Waals surface area contributed by atoms with Gasteiger partial charge in [0.1, 0.15) is 16.4 Å². The molecule has 4 nitrogen and oxygen atoms in total. The minimum Gasteiger partial charge on any atom is -0.351 e. The molecule has 1 aliphatic carbocycles. The highest BCUT2D eigenvalue weighted by Gasteiger charge is 2.32. The summed E-state index contributed by atoms with van der Waals surface area (Å²) in [5.41, 5.74) is 3.98. The van der Waals surface area contributed by atoms with Crippen LogP contribution >= 0.6 is 11.6 Å². The van der Waals surface area contributed by atoms with Gasteiger partial charge in [-0.2, -0.15) is 0 Å². The van der Waals surface area contributed by atoms with Crippen LogP contribution in [0.5, 0.6) is 0 Å². The highest BCUT2D eigenvalue weighted by Crippen LogP contribution is 2.29. The molecule has 5 heteroatoms. The van der Waals surface area contributed by atoms with Gasteiger partial charge in [0.2, 0.25) is 11.6 Å². The number of anilines is 1. The van der Waals surface area contributed by atoms with Crippen LogP contribution in [0.15, 0.2) is 41.1 Å². The molecular weight excluding hydrogens is 312 g/mol. The number of nitrogens with one attached hydrogen (secondary N) is 1. The quantitative estimate of drug-likeness (QED) is 0.907. The van der Waals surface area contributed by atoms with E-state index in [0.717, 1.165) is 16.8 Å². The van der Waals surface area contributed by atoms with Crippen molar-refractivity contribution in [3.05, 3.63) is 69.1 Å². The average molecular weight is 327 g/mol. The van der Waals surface area contributed by atoms with Gasteiger partial charge >= 0.3 is 0 Å². The molecule has 1 N–H and O–H groups in total. The molecule has 0 saturated heterocycles. The lowest BCUT2D eigenvalue weighted by molar-refractivity contribution is 0.0978. The molecule has 0 atom stereocenters. The van der Waals surface area contributed by atoms with E-state index in [1.165, 1.54) is 0 Å². The largest absolute Gasteiger partial charge is 0.351 e. The number of fused-ring (bicyclic) bond motifs is 1. The Balaban J connectivity index is 2.06. The first-order valence-corrected chi connectivity index (χ1v) is 7.57. The van der Waals surface area contributed by atoms with E-state index >= 15 is 0 Å². The summed E-state index contributed by atoms with van der Waals surface area (Å²) in [6, 6.07) is 9.13. The molecule has 1 aromatic heterocycles. The molecular formula is C18H15ClN2O2. The van der Waals surface area contributed by atoms with Crippen LogP contribution in [0.3, 0.4) is 0 Å². The molecule has 0 bridgehead atoms. The van der Waals surface area contributed by atoms with E-state index in [4.69, 9.17) is 11.6 Å². The number of pyridine rings is 1. The van der Waals surface area contributed by atoms with Gasteiger partial charge in [-0.1, -0.05) is 17.7 Å². The predicted octanol–water partition coefficient (Wildman–Crippen LogP) is 3.95. The summed E-state index contributed by atoms with van der Waals surface area (Å²) in [7, 11) is 0. The Labute approximate surface area is 139 Å². The van der Waals surface area contributed by atoms with Crippen LogP contribution in [-0.4, -0.2) is 16.6 Å². The molecule has 0 saturated carbocycles. The summed E-state index contributed by atoms with van der Waals surface area (Å²) in [5.74, 6) is -0.756. The molecule has 2 aromatic rings. The number of carbonyl (C=O) groups excluding carboxylic acids is 2. The van der Waals surface area contributed by atoms with Gasteiger partial charge in [0.15, 0.2) is 0 Å². The number of allylic oxidation sites excluding steroid dienone is 2. The van der Waals surface area contributed by atoms with Gasteiger partial charge in [-0.25, -0.2) is 4.98 Å². The lowest BCUT2D eigenvalue weighted by Crippen LogP contribution is -2.25. The van der Waals surface area contributed by atoms with Crippen LogP contribution in [0.1, 0.15) is 37.7 Å². The smallest absolute Gasteiger partial charge is 0.225 e. The average Bonchev–Trinajstić information content (AvgIpc) is 2.48. The molecule has 0 amide bonds. The third kappa shape index (κ3) is 2.78. The third-order valence-corrected chi connectivity index (χ3v) is 3.99. The number of aromatic nitrogens is 1. The fraction of sp³-hybridized carbons (Fsp3) is 0.167. The van der Waals surface area contributed by atoms with Gasteiger partial charge in [-0.05, 0) is 56.2 Å². The van der Waals surface area contributed by atoms with E-state index in [-0.39, 0.29) is 27.8 Å². The Kier molecular flexibility index (Phi) is 3.78. The topological polar surface area (TPSA) is 59.1 Å². The van der Waals surface area contributed by atoms with Crippen molar-refractivity contribution in [2.45, 2.75) is 20.8 Å². The molecule has 0 fully saturated rings. The molecule has 116 valence electrons. The number of nitrogens with zero attached hydrogens (tertiary/aromatic N) is 1. The highest BCUT2D eigenvalue weighted by molar-refractivity contribution is 6.50. The fourth-order valence-corrected chi connectivity index (χ4v) is 2.89. The predicted molar refractivity (Wildman–Crippen MR) is 90.1 cm³/mol. The summed E-state index contributed by atoms with van der Waals surface area (Å²) in [4.78, 5) is 29.2. The summed E-state index contributed by atoms with van der Waals surface area (Å²) in [6.45, 7) is 5.69. The third-order valence-electron chi connectivity index (χ3n) is 3.63. The molecule has 0 radical (unpaired) electrons. The van der Waals surface area contributed by atoms with Crippen LogP contribution in [0, 0.1) is 20.8 Å². The maximum absolute atomic E-state index is 12.7. The lowest BCUT2D eigenvalue weighted by Gasteiger charge is -2.19. The Bertz CT molecular complexity index is 864. The first-order chi connectivity index (χ1) is 10.9. The summed E-state index contributed by atoms with van der Waals surface area (Å²) in [5, 5.41) is 2.87. The maximum Gasteiger partial charge on any atom is 0.225 e. The van der Waals surface area contributed by atoms with Gasteiger partial charge in [0.25, 0.3) is 0 Å². The standard InChI is InChI=1S/C18H15ClN2O2/c1-9-6-10(2)8-12(7-9)21-16-14(19)18(23)15-13(17(16)22)5-4-11(3)20-15/h4-8,21H,1-3H3. The number of halogens is 1. The number of hydrogen-bond acceptors (Lipinski definition) is 4. The Morgan fingerprint density at radius 2 is 1.61 bits per heavy atom. The second-order valence-electron chi connectivity index (χ2n) is 5.70. The fourth-order valence-electron chi connectivity index (χ4n) is 2.67. The van der Waals surface area contributed by atoms with Crippen molar-refractivity contribution in [3.8, 4) is 0 Å². The van der Waals surface area contributed by atoms with E-state index in [0.29, 0.717) is 5.69 Å². The van der Waals surface area contributed by atoms with Gasteiger partial charge in [0, 0.05) is 11.4 Å². The van der Waals surface area contributed by atoms with Gasteiger partial charge in [-0.3, -0.25) is 9.59 Å². The van der Waals surface area contributed by atoms with Crippen molar-refractivity contribution in [1.82, 2.24) is 4.98 Å². The summed E-state index contributed by atoms with van der Waals surface area (Å²) < 4.78 is 0. The van der Waals surface area contributed by atoms with E-state index in [2.05, 4.69) is 10.3 Å². The highest BCUT2D eigenvalue weighted by atomic mass is 35.5. The first kappa shape index (κ1) is 15.4. The number of aryl methyl sites for hydroxylation is 3. The van der Waals surface area contributed by atoms with Crippen LogP contribution < -0.4 is 5.32 Å². The lowest BCUT2D eigenvalue weighted by atomic mass is 9.96. The molecule has 23 heavy (non-hydrogen) atoms. The first-order valence-electron chi connectivity index (χ1n) is 7.19. The maximum atomic E-state index is 12.7. The van der Waals surface area contributed by atoms with Crippen LogP contribution in [0.25, 0.3) is 0 Å². The zero-order valence-electron chi connectivity index (χ0n) is 13.0. The van der Waals surface area contributed by atoms with E-state index in [1.807, 2.05) is 32.0 Å². The number of carbonyl (C=O) groups is 2. The number of Topliss-reactive ketones (excluding diaryl/α,β-unsaturated/α-hetero) is 2. The molecule has 1 heterocycles. The van der Waals surface area contributed by atoms with Crippen LogP contribution in [0.4, 0.5) is 5.69 Å². The SMILES string of the molecule is Cc1cc(C)cc(NC2=C(Cl)C(=O)c3nc(C)ccc3C2=O)c1. The van der Waals surface area contributed by atoms with Gasteiger partial charge in [-0.15, -0.1) is 0 Å². The number of rotatable bonds is 2. The van der Waals surface area contributed by atoms with Crippen molar-refractivity contribution < 1.29 is 9.59 Å². The summed E-state index contributed by atoms with van der Waals surface area (Å²) >= 11 is 6.14. The molecule has 1 aliphatic rings. The minimum absolute atomic E-state index is 0.0971. The second kappa shape index (κ2) is 5.63. The number of ketones is 2. The summed E-state index contributed by atoms with van der Waals surface area (Å²) in [6.07, 6.45) is 0. The zero-order chi connectivity index (χ0) is 16.7. The Hall–Kier alpha value is -2.46. The minimum atomic E-state index is -0.433. The zero-order valence-corrected chi connectivity index (χ0v) is 13.8. The van der Waals surface area contributed by atoms with E-state index < -0.39 is 5.78 Å². The molecule has 0 unspecified atom stereocenters. The monoisotopic (exact) mass is 326 g/mol. The molecule has 0 aliphatic heterocycles. The number of hydrogen-bond donors (Lipinski definition) is 1. The van der Waals surface area contributed by atoms with E-state index in [9.17, 15) is 9.59 Å². The normalized spacial score (nSPS) is 14.1. The molecule has 1 aromatic carbocycles.